The number of carbonyl (C=O) groups is 1. The number of rotatable bonds is 5. The zero-order chi connectivity index (χ0) is 21.1. The third kappa shape index (κ3) is 4.12. The first-order chi connectivity index (χ1) is 14.5. The minimum atomic E-state index is -0.348. The monoisotopic (exact) mass is 401 g/mol. The van der Waals surface area contributed by atoms with Crippen LogP contribution in [0.25, 0.3) is 22.0 Å². The van der Waals surface area contributed by atoms with Crippen LogP contribution in [0.15, 0.2) is 77.6 Å². The maximum Gasteiger partial charge on any atom is 0.275 e. The lowest BCUT2D eigenvalue weighted by molar-refractivity contribution is -0.122. The van der Waals surface area contributed by atoms with Crippen molar-refractivity contribution >= 4 is 16.7 Å². The molecule has 0 fully saturated rings. The van der Waals surface area contributed by atoms with Crippen molar-refractivity contribution in [1.82, 2.24) is 15.1 Å². The van der Waals surface area contributed by atoms with E-state index >= 15 is 0 Å². The number of aromatic nitrogens is 2. The van der Waals surface area contributed by atoms with Gasteiger partial charge in [-0.3, -0.25) is 9.59 Å². The highest BCUT2D eigenvalue weighted by Crippen LogP contribution is 2.24. The van der Waals surface area contributed by atoms with Crippen LogP contribution in [-0.4, -0.2) is 15.7 Å². The van der Waals surface area contributed by atoms with Gasteiger partial charge in [0.2, 0.25) is 5.91 Å². The summed E-state index contributed by atoms with van der Waals surface area (Å²) in [4.78, 5) is 25.3. The number of carbonyl (C=O) groups excluding carboxylic acids is 1. The minimum absolute atomic E-state index is 0.205. The number of halogens is 1. The molecule has 150 valence electrons. The maximum atomic E-state index is 13.0. The van der Waals surface area contributed by atoms with Gasteiger partial charge in [0.25, 0.3) is 5.56 Å². The van der Waals surface area contributed by atoms with E-state index in [-0.39, 0.29) is 30.4 Å². The van der Waals surface area contributed by atoms with Gasteiger partial charge in [-0.25, -0.2) is 9.07 Å². The smallest absolute Gasteiger partial charge is 0.275 e. The summed E-state index contributed by atoms with van der Waals surface area (Å²) in [6.07, 6.45) is 0. The molecule has 4 aromatic rings. The zero-order valence-corrected chi connectivity index (χ0v) is 16.4. The van der Waals surface area contributed by atoms with E-state index < -0.39 is 0 Å². The first-order valence-electron chi connectivity index (χ1n) is 9.59. The Morgan fingerprint density at radius 2 is 1.63 bits per heavy atom. The van der Waals surface area contributed by atoms with Crippen molar-refractivity contribution in [1.29, 1.82) is 0 Å². The molecule has 0 unspecified atom stereocenters. The second-order valence-corrected chi connectivity index (χ2v) is 7.13. The van der Waals surface area contributed by atoms with Gasteiger partial charge in [-0.2, -0.15) is 5.10 Å². The van der Waals surface area contributed by atoms with E-state index in [2.05, 4.69) is 10.4 Å². The Bertz CT molecular complexity index is 1260. The molecule has 4 rings (SSSR count). The summed E-state index contributed by atoms with van der Waals surface area (Å²) in [5.74, 6) is -0.681. The van der Waals surface area contributed by atoms with Crippen LogP contribution >= 0.6 is 0 Å². The molecular weight excluding hydrogens is 381 g/mol. The summed E-state index contributed by atoms with van der Waals surface area (Å²) >= 11 is 0. The molecule has 0 saturated heterocycles. The Morgan fingerprint density at radius 1 is 0.967 bits per heavy atom. The predicted octanol–water partition coefficient (Wildman–Crippen LogP) is 3.83. The van der Waals surface area contributed by atoms with Gasteiger partial charge >= 0.3 is 0 Å². The summed E-state index contributed by atoms with van der Waals surface area (Å²) < 4.78 is 14.2. The molecule has 3 aromatic carbocycles. The van der Waals surface area contributed by atoms with Crippen LogP contribution in [-0.2, 0) is 17.9 Å². The van der Waals surface area contributed by atoms with Crippen molar-refractivity contribution in [2.75, 3.05) is 0 Å². The molecule has 0 saturated carbocycles. The molecule has 0 atom stereocenters. The summed E-state index contributed by atoms with van der Waals surface area (Å²) in [5.41, 5.74) is 3.09. The zero-order valence-electron chi connectivity index (χ0n) is 16.4. The van der Waals surface area contributed by atoms with Crippen LogP contribution in [0, 0.1) is 12.7 Å². The van der Waals surface area contributed by atoms with Gasteiger partial charge in [0.15, 0.2) is 0 Å². The van der Waals surface area contributed by atoms with Crippen LogP contribution in [0.3, 0.4) is 0 Å². The first kappa shape index (κ1) is 19.5. The highest BCUT2D eigenvalue weighted by molar-refractivity contribution is 5.93. The third-order valence-electron chi connectivity index (χ3n) is 4.89. The van der Waals surface area contributed by atoms with Gasteiger partial charge in [0.05, 0.1) is 11.1 Å². The molecule has 0 spiro atoms. The van der Waals surface area contributed by atoms with E-state index in [1.165, 1.54) is 16.8 Å². The van der Waals surface area contributed by atoms with Crippen molar-refractivity contribution < 1.29 is 9.18 Å². The van der Waals surface area contributed by atoms with Crippen LogP contribution in [0.4, 0.5) is 4.39 Å². The van der Waals surface area contributed by atoms with Crippen LogP contribution < -0.4 is 10.9 Å². The molecule has 0 bridgehead atoms. The number of nitrogens with one attached hydrogen (secondary N) is 1. The van der Waals surface area contributed by atoms with Crippen molar-refractivity contribution in [3.05, 3.63) is 100 Å². The van der Waals surface area contributed by atoms with E-state index in [0.717, 1.165) is 22.1 Å². The standard InChI is InChI=1S/C24H20FN3O2/c1-16-6-10-18(11-7-16)23-20-4-2-3-5-21(20)24(30)28(27-23)15-22(29)26-14-17-8-12-19(25)13-9-17/h2-13H,14-15H2,1H3,(H,26,29). The number of hydrogen-bond acceptors (Lipinski definition) is 3. The average Bonchev–Trinajstić information content (AvgIpc) is 2.76. The van der Waals surface area contributed by atoms with Crippen molar-refractivity contribution in [3.63, 3.8) is 0 Å². The lowest BCUT2D eigenvalue weighted by Crippen LogP contribution is -2.33. The number of hydrogen-bond donors (Lipinski definition) is 1. The average molecular weight is 401 g/mol. The van der Waals surface area contributed by atoms with E-state index in [0.29, 0.717) is 11.1 Å². The van der Waals surface area contributed by atoms with Crippen molar-refractivity contribution in [2.45, 2.75) is 20.0 Å². The number of amides is 1. The minimum Gasteiger partial charge on any atom is -0.350 e. The molecular formula is C24H20FN3O2. The fourth-order valence-electron chi connectivity index (χ4n) is 3.26. The van der Waals surface area contributed by atoms with Gasteiger partial charge < -0.3 is 5.32 Å². The molecule has 6 heteroatoms. The van der Waals surface area contributed by atoms with E-state index in [4.69, 9.17) is 0 Å². The quantitative estimate of drug-likeness (QED) is 0.553. The fourth-order valence-corrected chi connectivity index (χ4v) is 3.26. The molecule has 5 nitrogen and oxygen atoms in total. The lowest BCUT2D eigenvalue weighted by Gasteiger charge is -2.12. The van der Waals surface area contributed by atoms with Gasteiger partial charge in [0, 0.05) is 17.5 Å². The Balaban J connectivity index is 1.64. The maximum absolute atomic E-state index is 13.0. The second kappa shape index (κ2) is 8.29. The molecule has 1 N–H and O–H groups in total. The third-order valence-corrected chi connectivity index (χ3v) is 4.89. The summed E-state index contributed by atoms with van der Waals surface area (Å²) in [6.45, 7) is 2.04. The molecule has 1 amide bonds. The fraction of sp³-hybridized carbons (Fsp3) is 0.125. The SMILES string of the molecule is Cc1ccc(-c2nn(CC(=O)NCc3ccc(F)cc3)c(=O)c3ccccc23)cc1. The summed E-state index contributed by atoms with van der Waals surface area (Å²) in [7, 11) is 0. The number of nitrogens with zero attached hydrogens (tertiary/aromatic N) is 2. The van der Waals surface area contributed by atoms with Crippen LogP contribution in [0.1, 0.15) is 11.1 Å². The summed E-state index contributed by atoms with van der Waals surface area (Å²) in [5, 5.41) is 8.50. The summed E-state index contributed by atoms with van der Waals surface area (Å²) in [6, 6.07) is 21.0. The molecule has 0 radical (unpaired) electrons. The van der Waals surface area contributed by atoms with Gasteiger partial charge in [-0.05, 0) is 30.7 Å². The Morgan fingerprint density at radius 3 is 2.33 bits per heavy atom. The molecule has 0 aliphatic carbocycles. The van der Waals surface area contributed by atoms with E-state index in [1.54, 1.807) is 24.3 Å². The molecule has 0 aliphatic rings. The van der Waals surface area contributed by atoms with E-state index in [9.17, 15) is 14.0 Å². The molecule has 1 aromatic heterocycles. The topological polar surface area (TPSA) is 64.0 Å². The Labute approximate surface area is 172 Å². The molecule has 0 aliphatic heterocycles. The number of aryl methyl sites for hydroxylation is 1. The number of fused-ring (bicyclic) bond motifs is 1. The largest absolute Gasteiger partial charge is 0.350 e. The Hall–Kier alpha value is -3.80. The van der Waals surface area contributed by atoms with Gasteiger partial charge in [-0.15, -0.1) is 0 Å². The predicted molar refractivity (Wildman–Crippen MR) is 114 cm³/mol. The van der Waals surface area contributed by atoms with Crippen LogP contribution in [0.5, 0.6) is 0 Å². The number of benzene rings is 3. The van der Waals surface area contributed by atoms with Crippen LogP contribution in [0.2, 0.25) is 0 Å². The molecule has 1 heterocycles. The Kier molecular flexibility index (Phi) is 5.39. The highest BCUT2D eigenvalue weighted by Gasteiger charge is 2.14. The molecule has 30 heavy (non-hydrogen) atoms. The second-order valence-electron chi connectivity index (χ2n) is 7.13. The van der Waals surface area contributed by atoms with Gasteiger partial charge in [0.1, 0.15) is 12.4 Å². The highest BCUT2D eigenvalue weighted by atomic mass is 19.1. The first-order valence-corrected chi connectivity index (χ1v) is 9.59. The van der Waals surface area contributed by atoms with Crippen molar-refractivity contribution in [2.24, 2.45) is 0 Å². The van der Waals surface area contributed by atoms with Crippen molar-refractivity contribution in [3.8, 4) is 11.3 Å². The normalized spacial score (nSPS) is 10.9. The lowest BCUT2D eigenvalue weighted by atomic mass is 10.0. The van der Waals surface area contributed by atoms with E-state index in [1.807, 2.05) is 43.3 Å². The van der Waals surface area contributed by atoms with Gasteiger partial charge in [-0.1, -0.05) is 60.2 Å².